The highest BCUT2D eigenvalue weighted by Crippen LogP contribution is 2.34. The molecule has 1 aromatic heterocycles. The van der Waals surface area contributed by atoms with Gasteiger partial charge < -0.3 is 5.32 Å². The van der Waals surface area contributed by atoms with E-state index in [0.29, 0.717) is 12.2 Å². The molecule has 8 heteroatoms. The Balaban J connectivity index is 1.67. The second kappa shape index (κ2) is 12.7. The third-order valence-electron chi connectivity index (χ3n) is 6.40. The van der Waals surface area contributed by atoms with Crippen LogP contribution in [0.15, 0.2) is 90.3 Å². The van der Waals surface area contributed by atoms with Crippen LogP contribution in [0, 0.1) is 13.8 Å². The molecule has 0 atom stereocenters. The number of hydrogen-bond donors (Lipinski definition) is 1. The van der Waals surface area contributed by atoms with Gasteiger partial charge in [-0.3, -0.25) is 4.79 Å². The Morgan fingerprint density at radius 2 is 1.59 bits per heavy atom. The average Bonchev–Trinajstić information content (AvgIpc) is 3.26. The molecule has 7 nitrogen and oxygen atoms in total. The highest BCUT2D eigenvalue weighted by atomic mass is 32.2. The highest BCUT2D eigenvalue weighted by molar-refractivity contribution is 7.92. The summed E-state index contributed by atoms with van der Waals surface area (Å²) in [5, 5.41) is 8.95. The second-order valence-electron chi connectivity index (χ2n) is 9.37. The van der Waals surface area contributed by atoms with Crippen molar-refractivity contribution >= 4 is 27.8 Å². The number of anilines is 1. The van der Waals surface area contributed by atoms with Crippen molar-refractivity contribution in [1.82, 2.24) is 14.1 Å². The van der Waals surface area contributed by atoms with Crippen molar-refractivity contribution in [1.29, 1.82) is 0 Å². The Morgan fingerprint density at radius 3 is 2.26 bits per heavy atom. The van der Waals surface area contributed by atoms with E-state index in [9.17, 15) is 13.2 Å². The van der Waals surface area contributed by atoms with Gasteiger partial charge >= 0.3 is 0 Å². The van der Waals surface area contributed by atoms with Gasteiger partial charge in [-0.15, -0.1) is 0 Å². The molecule has 0 bridgehead atoms. The largest absolute Gasteiger partial charge is 0.309 e. The van der Waals surface area contributed by atoms with E-state index in [2.05, 4.69) is 5.32 Å². The van der Waals surface area contributed by atoms with Crippen LogP contribution in [0.3, 0.4) is 0 Å². The number of nitrogens with zero attached hydrogens (tertiary/aromatic N) is 3. The van der Waals surface area contributed by atoms with Gasteiger partial charge in [0.25, 0.3) is 0 Å². The van der Waals surface area contributed by atoms with Gasteiger partial charge in [-0.1, -0.05) is 92.2 Å². The topological polar surface area (TPSA) is 84.3 Å². The van der Waals surface area contributed by atoms with E-state index >= 15 is 0 Å². The Hall–Kier alpha value is -4.01. The quantitative estimate of drug-likeness (QED) is 0.245. The molecule has 0 unspecified atom stereocenters. The van der Waals surface area contributed by atoms with Crippen LogP contribution in [-0.4, -0.2) is 41.5 Å². The molecular formula is C31H34N4O3S. The van der Waals surface area contributed by atoms with E-state index in [1.165, 1.54) is 9.71 Å². The van der Waals surface area contributed by atoms with E-state index in [-0.39, 0.29) is 13.1 Å². The molecule has 1 N–H and O–H groups in total. The normalized spacial score (nSPS) is 11.8. The third-order valence-corrected chi connectivity index (χ3v) is 7.91. The summed E-state index contributed by atoms with van der Waals surface area (Å²) >= 11 is 0. The van der Waals surface area contributed by atoms with Crippen LogP contribution in [0.4, 0.5) is 5.82 Å². The predicted octanol–water partition coefficient (Wildman–Crippen LogP) is 6.20. The number of hydrogen-bond acceptors (Lipinski definition) is 4. The van der Waals surface area contributed by atoms with Crippen LogP contribution in [-0.2, 0) is 14.8 Å². The van der Waals surface area contributed by atoms with Gasteiger partial charge in [0.15, 0.2) is 0 Å². The molecule has 4 aromatic rings. The lowest BCUT2D eigenvalue weighted by atomic mass is 10.1. The number of aromatic nitrogens is 2. The van der Waals surface area contributed by atoms with Crippen LogP contribution in [0.5, 0.6) is 0 Å². The number of benzene rings is 3. The molecule has 0 aliphatic heterocycles. The molecule has 4 rings (SSSR count). The van der Waals surface area contributed by atoms with Crippen molar-refractivity contribution in [2.45, 2.75) is 33.6 Å². The smallest absolute Gasteiger partial charge is 0.240 e. The Kier molecular flexibility index (Phi) is 9.11. The van der Waals surface area contributed by atoms with Crippen molar-refractivity contribution < 1.29 is 13.2 Å². The molecule has 1 heterocycles. The lowest BCUT2D eigenvalue weighted by Crippen LogP contribution is -2.38. The highest BCUT2D eigenvalue weighted by Gasteiger charge is 2.25. The zero-order valence-corrected chi connectivity index (χ0v) is 23.4. The Bertz CT molecular complexity index is 1550. The molecule has 0 spiro atoms. The molecule has 3 aromatic carbocycles. The average molecular weight is 543 g/mol. The molecule has 1 amide bonds. The zero-order chi connectivity index (χ0) is 27.8. The van der Waals surface area contributed by atoms with Crippen molar-refractivity contribution in [3.8, 4) is 16.8 Å². The van der Waals surface area contributed by atoms with Gasteiger partial charge in [0, 0.05) is 17.5 Å². The minimum absolute atomic E-state index is 0.243. The molecule has 0 saturated heterocycles. The number of aryl methyl sites for hydroxylation is 2. The Morgan fingerprint density at radius 1 is 0.949 bits per heavy atom. The molecule has 0 aliphatic carbocycles. The molecular weight excluding hydrogens is 508 g/mol. The first kappa shape index (κ1) is 28.0. The van der Waals surface area contributed by atoms with Crippen molar-refractivity contribution in [2.75, 3.05) is 18.4 Å². The fraction of sp³-hybridized carbons (Fsp3) is 0.226. The maximum Gasteiger partial charge on any atom is 0.240 e. The number of unbranched alkanes of at least 4 members (excludes halogenated alkanes) is 1. The molecule has 39 heavy (non-hydrogen) atoms. The van der Waals surface area contributed by atoms with E-state index in [0.717, 1.165) is 40.1 Å². The van der Waals surface area contributed by atoms with Gasteiger partial charge in [-0.25, -0.2) is 13.1 Å². The Labute approximate surface area is 230 Å². The lowest BCUT2D eigenvalue weighted by molar-refractivity contribution is -0.116. The summed E-state index contributed by atoms with van der Waals surface area (Å²) in [6.07, 6.45) is 2.99. The summed E-state index contributed by atoms with van der Waals surface area (Å²) in [4.78, 5) is 13.5. The molecule has 0 fully saturated rings. The van der Waals surface area contributed by atoms with Crippen LogP contribution in [0.1, 0.15) is 36.6 Å². The van der Waals surface area contributed by atoms with E-state index in [4.69, 9.17) is 5.10 Å². The minimum atomic E-state index is -3.84. The zero-order valence-electron chi connectivity index (χ0n) is 22.5. The number of sulfonamides is 1. The summed E-state index contributed by atoms with van der Waals surface area (Å²) in [5.41, 5.74) is 5.05. The minimum Gasteiger partial charge on any atom is -0.309 e. The third kappa shape index (κ3) is 6.90. The number of amides is 1. The van der Waals surface area contributed by atoms with Crippen LogP contribution in [0.2, 0.25) is 0 Å². The van der Waals surface area contributed by atoms with Crippen molar-refractivity contribution in [3.05, 3.63) is 107 Å². The summed E-state index contributed by atoms with van der Waals surface area (Å²) in [7, 11) is -3.84. The number of carbonyl (C=O) groups excluding carboxylic acids is 1. The number of rotatable bonds is 11. The van der Waals surface area contributed by atoms with Crippen LogP contribution >= 0.6 is 0 Å². The summed E-state index contributed by atoms with van der Waals surface area (Å²) < 4.78 is 29.5. The first-order chi connectivity index (χ1) is 18.8. The van der Waals surface area contributed by atoms with Crippen molar-refractivity contribution in [3.63, 3.8) is 0 Å². The van der Waals surface area contributed by atoms with Gasteiger partial charge in [0.1, 0.15) is 5.82 Å². The molecule has 0 aliphatic rings. The van der Waals surface area contributed by atoms with Crippen LogP contribution < -0.4 is 5.32 Å². The first-order valence-corrected chi connectivity index (χ1v) is 14.5. The van der Waals surface area contributed by atoms with Gasteiger partial charge in [-0.05, 0) is 49.1 Å². The fourth-order valence-corrected chi connectivity index (χ4v) is 5.53. The standard InChI is InChI=1S/C31H34N4O3S/c1-4-5-21-34(39(37,38)22-20-26-15-8-6-9-16-26)23-29(36)32-31-30(27-17-10-7-11-18-27)25(3)33-35(31)28-19-13-12-14-24(28)2/h6-20,22H,4-5,21,23H2,1-3H3,(H,32,36). The van der Waals surface area contributed by atoms with Gasteiger partial charge in [0.2, 0.25) is 15.9 Å². The molecule has 0 radical (unpaired) electrons. The molecule has 202 valence electrons. The summed E-state index contributed by atoms with van der Waals surface area (Å²) in [6.45, 7) is 5.80. The lowest BCUT2D eigenvalue weighted by Gasteiger charge is -2.20. The monoisotopic (exact) mass is 542 g/mol. The van der Waals surface area contributed by atoms with Gasteiger partial charge in [0.05, 0.1) is 17.9 Å². The maximum absolute atomic E-state index is 13.5. The number of carbonyl (C=O) groups is 1. The van der Waals surface area contributed by atoms with E-state index in [1.807, 2.05) is 106 Å². The van der Waals surface area contributed by atoms with E-state index in [1.54, 1.807) is 10.8 Å². The summed E-state index contributed by atoms with van der Waals surface area (Å²) in [6, 6.07) is 26.8. The second-order valence-corrected chi connectivity index (χ2v) is 11.2. The number of para-hydroxylation sites is 1. The maximum atomic E-state index is 13.5. The van der Waals surface area contributed by atoms with E-state index < -0.39 is 15.9 Å². The van der Waals surface area contributed by atoms with Crippen molar-refractivity contribution in [2.24, 2.45) is 0 Å². The van der Waals surface area contributed by atoms with Gasteiger partial charge in [-0.2, -0.15) is 9.40 Å². The summed E-state index contributed by atoms with van der Waals surface area (Å²) in [5.74, 6) is 0.0698. The fourth-order valence-electron chi connectivity index (χ4n) is 4.35. The van der Waals surface area contributed by atoms with Crippen LogP contribution in [0.25, 0.3) is 22.9 Å². The predicted molar refractivity (Wildman–Crippen MR) is 158 cm³/mol. The number of nitrogens with one attached hydrogen (secondary N) is 1. The first-order valence-electron chi connectivity index (χ1n) is 13.0. The SMILES string of the molecule is CCCCN(CC(=O)Nc1c(-c2ccccc2)c(C)nn1-c1ccccc1C)S(=O)(=O)C=Cc1ccccc1. The molecule has 0 saturated carbocycles.